The molecule has 0 radical (unpaired) electrons. The Morgan fingerprint density at radius 2 is 2.00 bits per heavy atom. The third-order valence-corrected chi connectivity index (χ3v) is 3.76. The topological polar surface area (TPSA) is 12.0 Å². The molecule has 0 spiro atoms. The minimum Gasteiger partial charge on any atom is -0.312 e. The van der Waals surface area contributed by atoms with E-state index in [9.17, 15) is 0 Å². The average Bonchev–Trinajstić information content (AvgIpc) is 3.06. The predicted molar refractivity (Wildman–Crippen MR) is 78.9 cm³/mol. The summed E-state index contributed by atoms with van der Waals surface area (Å²) in [6.07, 6.45) is 4.10. The van der Waals surface area contributed by atoms with Gasteiger partial charge in [0.05, 0.1) is 0 Å². The minimum atomic E-state index is 0.236. The molecule has 0 aromatic heterocycles. The van der Waals surface area contributed by atoms with Crippen LogP contribution in [0.5, 0.6) is 0 Å². The van der Waals surface area contributed by atoms with Gasteiger partial charge in [0.15, 0.2) is 0 Å². The Hall–Kier alpha value is -0.820. The highest BCUT2D eigenvalue weighted by Crippen LogP contribution is 2.38. The van der Waals surface area contributed by atoms with Crippen LogP contribution in [0.2, 0.25) is 0 Å². The van der Waals surface area contributed by atoms with Gasteiger partial charge < -0.3 is 5.32 Å². The predicted octanol–water partition coefficient (Wildman–Crippen LogP) is 3.95. The van der Waals surface area contributed by atoms with Crippen LogP contribution in [-0.4, -0.2) is 12.1 Å². The summed E-state index contributed by atoms with van der Waals surface area (Å²) in [6, 6.07) is 8.99. The molecule has 1 saturated carbocycles. The minimum absolute atomic E-state index is 0.236. The Labute approximate surface area is 112 Å². The van der Waals surface area contributed by atoms with Gasteiger partial charge >= 0.3 is 0 Å². The van der Waals surface area contributed by atoms with Crippen molar-refractivity contribution < 1.29 is 0 Å². The lowest BCUT2D eigenvalue weighted by Crippen LogP contribution is -2.40. The van der Waals surface area contributed by atoms with Gasteiger partial charge in [-0.25, -0.2) is 0 Å². The molecule has 18 heavy (non-hydrogen) atoms. The molecule has 2 rings (SSSR count). The van der Waals surface area contributed by atoms with E-state index >= 15 is 0 Å². The maximum absolute atomic E-state index is 3.68. The van der Waals surface area contributed by atoms with Crippen molar-refractivity contribution in [3.05, 3.63) is 35.4 Å². The first-order valence-corrected chi connectivity index (χ1v) is 7.24. The Balaban J connectivity index is 1.94. The van der Waals surface area contributed by atoms with Crippen molar-refractivity contribution in [1.29, 1.82) is 0 Å². The Morgan fingerprint density at radius 1 is 1.28 bits per heavy atom. The van der Waals surface area contributed by atoms with Crippen LogP contribution in [0.1, 0.15) is 44.7 Å². The fourth-order valence-electron chi connectivity index (χ4n) is 2.55. The normalized spacial score (nSPS) is 17.8. The van der Waals surface area contributed by atoms with Gasteiger partial charge in [0.25, 0.3) is 0 Å². The van der Waals surface area contributed by atoms with E-state index in [-0.39, 0.29) is 5.54 Å². The SMILES string of the molecule is Cc1cccc(CC(CNC(C)(C)C)C2CC2)c1. The highest BCUT2D eigenvalue weighted by atomic mass is 14.9. The second-order valence-corrected chi connectivity index (χ2v) is 6.92. The standard InChI is InChI=1S/C17H27N/c1-13-6-5-7-14(10-13)11-16(15-8-9-15)12-18-17(2,3)4/h5-7,10,15-16,18H,8-9,11-12H2,1-4H3. The van der Waals surface area contributed by atoms with Crippen molar-refractivity contribution in [3.63, 3.8) is 0 Å². The molecule has 0 amide bonds. The molecule has 1 N–H and O–H groups in total. The van der Waals surface area contributed by atoms with Crippen molar-refractivity contribution in [2.75, 3.05) is 6.54 Å². The lowest BCUT2D eigenvalue weighted by molar-refractivity contribution is 0.346. The highest BCUT2D eigenvalue weighted by molar-refractivity contribution is 5.23. The number of hydrogen-bond acceptors (Lipinski definition) is 1. The lowest BCUT2D eigenvalue weighted by Gasteiger charge is -2.25. The molecule has 1 heteroatoms. The summed E-state index contributed by atoms with van der Waals surface area (Å²) >= 11 is 0. The Kier molecular flexibility index (Phi) is 4.11. The lowest BCUT2D eigenvalue weighted by atomic mass is 9.93. The van der Waals surface area contributed by atoms with Crippen LogP contribution in [-0.2, 0) is 6.42 Å². The summed E-state index contributed by atoms with van der Waals surface area (Å²) in [5.74, 6) is 1.77. The summed E-state index contributed by atoms with van der Waals surface area (Å²) in [6.45, 7) is 10.1. The molecule has 1 nitrogen and oxygen atoms in total. The van der Waals surface area contributed by atoms with Gasteiger partial charge in [-0.1, -0.05) is 29.8 Å². The molecule has 0 saturated heterocycles. The second kappa shape index (κ2) is 5.44. The zero-order valence-corrected chi connectivity index (χ0v) is 12.3. The highest BCUT2D eigenvalue weighted by Gasteiger charge is 2.31. The first-order chi connectivity index (χ1) is 8.44. The van der Waals surface area contributed by atoms with Gasteiger partial charge in [0, 0.05) is 5.54 Å². The molecule has 1 unspecified atom stereocenters. The zero-order valence-electron chi connectivity index (χ0n) is 12.3. The Bertz CT molecular complexity index is 385. The summed E-state index contributed by atoms with van der Waals surface area (Å²) in [5.41, 5.74) is 3.12. The number of hydrogen-bond donors (Lipinski definition) is 1. The smallest absolute Gasteiger partial charge is 0.00966 e. The van der Waals surface area contributed by atoms with Crippen molar-refractivity contribution in [1.82, 2.24) is 5.32 Å². The third kappa shape index (κ3) is 4.45. The molecule has 0 aliphatic heterocycles. The van der Waals surface area contributed by atoms with E-state index in [4.69, 9.17) is 0 Å². The number of nitrogens with one attached hydrogen (secondary N) is 1. The number of rotatable bonds is 5. The molecule has 1 aliphatic carbocycles. The number of aryl methyl sites for hydroxylation is 1. The average molecular weight is 245 g/mol. The van der Waals surface area contributed by atoms with Crippen LogP contribution in [0.4, 0.5) is 0 Å². The van der Waals surface area contributed by atoms with Gasteiger partial charge in [0.2, 0.25) is 0 Å². The maximum Gasteiger partial charge on any atom is 0.00966 e. The Morgan fingerprint density at radius 3 is 2.56 bits per heavy atom. The molecule has 1 fully saturated rings. The summed E-state index contributed by atoms with van der Waals surface area (Å²) in [5, 5.41) is 3.68. The quantitative estimate of drug-likeness (QED) is 0.828. The van der Waals surface area contributed by atoms with Crippen molar-refractivity contribution >= 4 is 0 Å². The molecular formula is C17H27N. The van der Waals surface area contributed by atoms with Crippen LogP contribution in [0.3, 0.4) is 0 Å². The zero-order chi connectivity index (χ0) is 13.2. The van der Waals surface area contributed by atoms with Crippen LogP contribution in [0.25, 0.3) is 0 Å². The second-order valence-electron chi connectivity index (χ2n) is 6.92. The van der Waals surface area contributed by atoms with E-state index in [0.717, 1.165) is 18.4 Å². The molecular weight excluding hydrogens is 218 g/mol. The molecule has 1 atom stereocenters. The first kappa shape index (κ1) is 13.6. The van der Waals surface area contributed by atoms with Crippen LogP contribution in [0, 0.1) is 18.8 Å². The molecule has 100 valence electrons. The monoisotopic (exact) mass is 245 g/mol. The van der Waals surface area contributed by atoms with Crippen molar-refractivity contribution in [3.8, 4) is 0 Å². The van der Waals surface area contributed by atoms with E-state index < -0.39 is 0 Å². The van der Waals surface area contributed by atoms with E-state index in [2.05, 4.69) is 57.3 Å². The molecule has 1 aliphatic rings. The van der Waals surface area contributed by atoms with E-state index in [1.54, 1.807) is 0 Å². The van der Waals surface area contributed by atoms with Gasteiger partial charge in [0.1, 0.15) is 0 Å². The van der Waals surface area contributed by atoms with Gasteiger partial charge in [-0.15, -0.1) is 0 Å². The van der Waals surface area contributed by atoms with Gasteiger partial charge in [-0.05, 0) is 70.9 Å². The fourth-order valence-corrected chi connectivity index (χ4v) is 2.55. The first-order valence-electron chi connectivity index (χ1n) is 7.24. The van der Waals surface area contributed by atoms with Gasteiger partial charge in [-0.2, -0.15) is 0 Å². The summed E-state index contributed by atoms with van der Waals surface area (Å²) in [4.78, 5) is 0. The van der Waals surface area contributed by atoms with E-state index in [1.165, 1.54) is 30.4 Å². The molecule has 1 aromatic carbocycles. The summed E-state index contributed by atoms with van der Waals surface area (Å²) < 4.78 is 0. The van der Waals surface area contributed by atoms with Crippen LogP contribution >= 0.6 is 0 Å². The number of benzene rings is 1. The van der Waals surface area contributed by atoms with E-state index in [1.807, 2.05) is 0 Å². The molecule has 0 bridgehead atoms. The molecule has 0 heterocycles. The molecule has 1 aromatic rings. The summed E-state index contributed by atoms with van der Waals surface area (Å²) in [7, 11) is 0. The third-order valence-electron chi connectivity index (χ3n) is 3.76. The van der Waals surface area contributed by atoms with Crippen molar-refractivity contribution in [2.24, 2.45) is 11.8 Å². The van der Waals surface area contributed by atoms with Gasteiger partial charge in [-0.3, -0.25) is 0 Å². The van der Waals surface area contributed by atoms with Crippen molar-refractivity contribution in [2.45, 2.75) is 52.5 Å². The van der Waals surface area contributed by atoms with Crippen LogP contribution < -0.4 is 5.32 Å². The van der Waals surface area contributed by atoms with Crippen LogP contribution in [0.15, 0.2) is 24.3 Å². The maximum atomic E-state index is 3.68. The fraction of sp³-hybridized carbons (Fsp3) is 0.647. The largest absolute Gasteiger partial charge is 0.312 e. The van der Waals surface area contributed by atoms with E-state index in [0.29, 0.717) is 0 Å².